The Kier molecular flexibility index (Phi) is 3.95. The molecular weight excluding hydrogens is 287 g/mol. The molecule has 0 aliphatic heterocycles. The molecule has 2 rings (SSSR count). The standard InChI is InChI=1S/C11H14N2.HI/c1-8-3-2-4-10-9(5-6-12)7-13-11(8)10;/h2-4,7,13H,5-6,12H2,1H3;1H. The summed E-state index contributed by atoms with van der Waals surface area (Å²) in [7, 11) is 0. The predicted molar refractivity (Wildman–Crippen MR) is 71.2 cm³/mol. The average molecular weight is 302 g/mol. The Hall–Kier alpha value is -0.550. The van der Waals surface area contributed by atoms with Crippen molar-refractivity contribution in [2.45, 2.75) is 13.3 Å². The number of H-pyrrole nitrogens is 1. The van der Waals surface area contributed by atoms with Crippen LogP contribution in [0.15, 0.2) is 24.4 Å². The Labute approximate surface area is 101 Å². The summed E-state index contributed by atoms with van der Waals surface area (Å²) in [5.74, 6) is 0. The van der Waals surface area contributed by atoms with Crippen LogP contribution in [0, 0.1) is 6.92 Å². The summed E-state index contributed by atoms with van der Waals surface area (Å²) in [6.45, 7) is 2.83. The second-order valence-corrected chi connectivity index (χ2v) is 3.35. The van der Waals surface area contributed by atoms with E-state index >= 15 is 0 Å². The van der Waals surface area contributed by atoms with Gasteiger partial charge in [0, 0.05) is 17.1 Å². The third-order valence-corrected chi connectivity index (χ3v) is 2.42. The maximum absolute atomic E-state index is 5.53. The molecule has 0 aliphatic carbocycles. The van der Waals surface area contributed by atoms with E-state index in [-0.39, 0.29) is 24.0 Å². The molecule has 0 unspecified atom stereocenters. The van der Waals surface area contributed by atoms with Crippen molar-refractivity contribution < 1.29 is 0 Å². The van der Waals surface area contributed by atoms with Gasteiger partial charge in [-0.2, -0.15) is 0 Å². The van der Waals surface area contributed by atoms with Gasteiger partial charge in [0.25, 0.3) is 0 Å². The van der Waals surface area contributed by atoms with E-state index in [0.29, 0.717) is 6.54 Å². The number of aryl methyl sites for hydroxylation is 1. The second kappa shape index (κ2) is 4.79. The number of rotatable bonds is 2. The van der Waals surface area contributed by atoms with Gasteiger partial charge in [-0.05, 0) is 31.0 Å². The lowest BCUT2D eigenvalue weighted by Crippen LogP contribution is -2.01. The topological polar surface area (TPSA) is 41.8 Å². The van der Waals surface area contributed by atoms with Crippen LogP contribution in [0.2, 0.25) is 0 Å². The Balaban J connectivity index is 0.000000980. The van der Waals surface area contributed by atoms with Crippen molar-refractivity contribution in [3.63, 3.8) is 0 Å². The number of aromatic amines is 1. The minimum atomic E-state index is 0. The largest absolute Gasteiger partial charge is 0.361 e. The lowest BCUT2D eigenvalue weighted by atomic mass is 10.1. The Morgan fingerprint density at radius 1 is 1.36 bits per heavy atom. The van der Waals surface area contributed by atoms with Crippen molar-refractivity contribution in [2.24, 2.45) is 5.73 Å². The number of hydrogen-bond donors (Lipinski definition) is 2. The third-order valence-electron chi connectivity index (χ3n) is 2.42. The molecule has 3 heteroatoms. The summed E-state index contributed by atoms with van der Waals surface area (Å²) in [4.78, 5) is 3.29. The molecule has 1 aromatic heterocycles. The van der Waals surface area contributed by atoms with Crippen LogP contribution >= 0.6 is 24.0 Å². The first-order valence-electron chi connectivity index (χ1n) is 4.58. The van der Waals surface area contributed by atoms with Crippen molar-refractivity contribution in [3.05, 3.63) is 35.5 Å². The molecule has 0 bridgehead atoms. The zero-order valence-corrected chi connectivity index (χ0v) is 10.5. The molecule has 2 aromatic rings. The molecule has 0 radical (unpaired) electrons. The fourth-order valence-corrected chi connectivity index (χ4v) is 1.73. The van der Waals surface area contributed by atoms with Gasteiger partial charge in [-0.15, -0.1) is 24.0 Å². The monoisotopic (exact) mass is 302 g/mol. The molecule has 14 heavy (non-hydrogen) atoms. The van der Waals surface area contributed by atoms with E-state index in [2.05, 4.69) is 36.3 Å². The molecule has 0 amide bonds. The number of hydrogen-bond acceptors (Lipinski definition) is 1. The first kappa shape index (κ1) is 11.5. The molecule has 0 saturated heterocycles. The number of aromatic nitrogens is 1. The zero-order valence-electron chi connectivity index (χ0n) is 8.21. The SMILES string of the molecule is Cc1cccc2c(CCN)c[nH]c12.I. The van der Waals surface area contributed by atoms with Gasteiger partial charge in [0.2, 0.25) is 0 Å². The van der Waals surface area contributed by atoms with E-state index in [0.717, 1.165) is 6.42 Å². The van der Waals surface area contributed by atoms with Crippen LogP contribution in [0.4, 0.5) is 0 Å². The predicted octanol–water partition coefficient (Wildman–Crippen LogP) is 2.60. The zero-order chi connectivity index (χ0) is 9.26. The number of nitrogens with two attached hydrogens (primary N) is 1. The summed E-state index contributed by atoms with van der Waals surface area (Å²) in [5, 5.41) is 1.31. The number of halogens is 1. The molecular formula is C11H15IN2. The van der Waals surface area contributed by atoms with Crippen molar-refractivity contribution in [3.8, 4) is 0 Å². The molecule has 0 fully saturated rings. The number of fused-ring (bicyclic) bond motifs is 1. The maximum Gasteiger partial charge on any atom is 0.0486 e. The Morgan fingerprint density at radius 2 is 2.14 bits per heavy atom. The quantitative estimate of drug-likeness (QED) is 0.823. The van der Waals surface area contributed by atoms with Gasteiger partial charge in [-0.25, -0.2) is 0 Å². The van der Waals surface area contributed by atoms with Crippen molar-refractivity contribution in [1.82, 2.24) is 4.98 Å². The van der Waals surface area contributed by atoms with Crippen LogP contribution < -0.4 is 5.73 Å². The van der Waals surface area contributed by atoms with Crippen LogP contribution in [0.25, 0.3) is 10.9 Å². The fraction of sp³-hybridized carbons (Fsp3) is 0.273. The fourth-order valence-electron chi connectivity index (χ4n) is 1.73. The van der Waals surface area contributed by atoms with Gasteiger partial charge >= 0.3 is 0 Å². The molecule has 0 spiro atoms. The van der Waals surface area contributed by atoms with Crippen LogP contribution in [-0.2, 0) is 6.42 Å². The van der Waals surface area contributed by atoms with Gasteiger partial charge in [-0.1, -0.05) is 18.2 Å². The highest BCUT2D eigenvalue weighted by Gasteiger charge is 2.03. The summed E-state index contributed by atoms with van der Waals surface area (Å²) in [6.07, 6.45) is 3.01. The lowest BCUT2D eigenvalue weighted by Gasteiger charge is -1.97. The van der Waals surface area contributed by atoms with E-state index in [9.17, 15) is 0 Å². The molecule has 1 heterocycles. The molecule has 76 valence electrons. The van der Waals surface area contributed by atoms with Crippen molar-refractivity contribution >= 4 is 34.9 Å². The van der Waals surface area contributed by atoms with E-state index in [1.165, 1.54) is 22.0 Å². The van der Waals surface area contributed by atoms with Crippen LogP contribution in [0.3, 0.4) is 0 Å². The number of nitrogens with one attached hydrogen (secondary N) is 1. The Bertz CT molecular complexity index is 420. The second-order valence-electron chi connectivity index (χ2n) is 3.35. The van der Waals surface area contributed by atoms with Gasteiger partial charge in [0.15, 0.2) is 0 Å². The summed E-state index contributed by atoms with van der Waals surface area (Å²) < 4.78 is 0. The molecule has 2 nitrogen and oxygen atoms in total. The summed E-state index contributed by atoms with van der Waals surface area (Å²) >= 11 is 0. The van der Waals surface area contributed by atoms with Crippen LogP contribution in [-0.4, -0.2) is 11.5 Å². The maximum atomic E-state index is 5.53. The minimum absolute atomic E-state index is 0. The van der Waals surface area contributed by atoms with Crippen molar-refractivity contribution in [2.75, 3.05) is 6.54 Å². The highest BCUT2D eigenvalue weighted by Crippen LogP contribution is 2.20. The van der Waals surface area contributed by atoms with Crippen molar-refractivity contribution in [1.29, 1.82) is 0 Å². The van der Waals surface area contributed by atoms with Crippen LogP contribution in [0.1, 0.15) is 11.1 Å². The molecule has 1 aromatic carbocycles. The third kappa shape index (κ3) is 1.93. The van der Waals surface area contributed by atoms with E-state index < -0.39 is 0 Å². The number of para-hydroxylation sites is 1. The highest BCUT2D eigenvalue weighted by molar-refractivity contribution is 14.0. The van der Waals surface area contributed by atoms with E-state index in [1.807, 2.05) is 0 Å². The normalized spacial score (nSPS) is 10.1. The lowest BCUT2D eigenvalue weighted by molar-refractivity contribution is 0.976. The van der Waals surface area contributed by atoms with Crippen LogP contribution in [0.5, 0.6) is 0 Å². The summed E-state index contributed by atoms with van der Waals surface area (Å²) in [6, 6.07) is 6.35. The minimum Gasteiger partial charge on any atom is -0.361 e. The smallest absolute Gasteiger partial charge is 0.0486 e. The average Bonchev–Trinajstić information content (AvgIpc) is 2.51. The van der Waals surface area contributed by atoms with Gasteiger partial charge in [0.05, 0.1) is 0 Å². The molecule has 3 N–H and O–H groups in total. The Morgan fingerprint density at radius 3 is 2.86 bits per heavy atom. The molecule has 0 aliphatic rings. The first-order valence-corrected chi connectivity index (χ1v) is 4.58. The van der Waals surface area contributed by atoms with Gasteiger partial charge in [0.1, 0.15) is 0 Å². The summed E-state index contributed by atoms with van der Waals surface area (Å²) in [5.41, 5.74) is 9.39. The number of benzene rings is 1. The molecule has 0 saturated carbocycles. The van der Waals surface area contributed by atoms with Gasteiger partial charge in [-0.3, -0.25) is 0 Å². The van der Waals surface area contributed by atoms with Gasteiger partial charge < -0.3 is 10.7 Å². The first-order chi connectivity index (χ1) is 6.33. The molecule has 0 atom stereocenters. The highest BCUT2D eigenvalue weighted by atomic mass is 127. The van der Waals surface area contributed by atoms with E-state index in [4.69, 9.17) is 5.73 Å². The van der Waals surface area contributed by atoms with E-state index in [1.54, 1.807) is 0 Å².